The van der Waals surface area contributed by atoms with Crippen molar-refractivity contribution < 1.29 is 34.0 Å². The van der Waals surface area contributed by atoms with E-state index in [9.17, 15) is 19.8 Å². The van der Waals surface area contributed by atoms with Gasteiger partial charge in [0.25, 0.3) is 0 Å². The molecule has 4 atom stereocenters. The molecule has 2 aromatic rings. The average molecular weight is 574 g/mol. The molecule has 10 heteroatoms. The molecule has 0 aliphatic heterocycles. The van der Waals surface area contributed by atoms with Gasteiger partial charge < -0.3 is 35.1 Å². The summed E-state index contributed by atoms with van der Waals surface area (Å²) in [6.45, 7) is 9.08. The summed E-state index contributed by atoms with van der Waals surface area (Å²) in [4.78, 5) is 28.8. The number of ether oxygens (including phenoxy) is 3. The van der Waals surface area contributed by atoms with E-state index >= 15 is 0 Å². The lowest BCUT2D eigenvalue weighted by Gasteiger charge is -2.32. The number of carbonyl (C=O) groups excluding carboxylic acids is 1. The van der Waals surface area contributed by atoms with E-state index in [1.807, 2.05) is 32.0 Å². The number of rotatable bonds is 18. The molecular formula is C31H47N3O7. The molecule has 0 bridgehead atoms. The molecule has 1 heterocycles. The molecule has 1 aromatic carbocycles. The first-order valence-corrected chi connectivity index (χ1v) is 14.2. The van der Waals surface area contributed by atoms with Crippen molar-refractivity contribution in [2.75, 3.05) is 32.8 Å². The van der Waals surface area contributed by atoms with Crippen molar-refractivity contribution in [1.29, 1.82) is 0 Å². The fourth-order valence-corrected chi connectivity index (χ4v) is 4.81. The number of methoxy groups -OCH3 is 2. The van der Waals surface area contributed by atoms with Gasteiger partial charge in [0.05, 0.1) is 25.9 Å². The lowest BCUT2D eigenvalue weighted by atomic mass is 9.80. The molecule has 1 unspecified atom stereocenters. The smallest absolute Gasteiger partial charge is 0.404 e. The van der Waals surface area contributed by atoms with Gasteiger partial charge in [0.2, 0.25) is 5.91 Å². The number of anilines is 1. The highest BCUT2D eigenvalue weighted by Gasteiger charge is 2.32. The van der Waals surface area contributed by atoms with Crippen LogP contribution in [0, 0.1) is 23.7 Å². The number of amides is 2. The maximum Gasteiger partial charge on any atom is 0.404 e. The molecule has 0 radical (unpaired) electrons. The zero-order valence-corrected chi connectivity index (χ0v) is 25.1. The Morgan fingerprint density at radius 1 is 0.951 bits per heavy atom. The monoisotopic (exact) mass is 573 g/mol. The third-order valence-electron chi connectivity index (χ3n) is 7.33. The number of nitrogens with zero attached hydrogens (tertiary/aromatic N) is 1. The van der Waals surface area contributed by atoms with Gasteiger partial charge in [0.1, 0.15) is 0 Å². The molecule has 2 amide bonds. The van der Waals surface area contributed by atoms with E-state index in [-0.39, 0.29) is 30.1 Å². The molecule has 0 fully saturated rings. The fraction of sp³-hybridized carbons (Fsp3) is 0.581. The number of carboxylic acid groups (broad SMARTS) is 1. The maximum absolute atomic E-state index is 13.1. The Bertz CT molecular complexity index is 1060. The molecule has 0 spiro atoms. The topological polar surface area (TPSA) is 139 Å². The number of nitrogens with one attached hydrogen (secondary N) is 2. The van der Waals surface area contributed by atoms with Crippen molar-refractivity contribution >= 4 is 17.7 Å². The van der Waals surface area contributed by atoms with Gasteiger partial charge in [-0.15, -0.1) is 0 Å². The lowest BCUT2D eigenvalue weighted by molar-refractivity contribution is -0.122. The minimum absolute atomic E-state index is 0.0411. The molecule has 0 saturated heterocycles. The summed E-state index contributed by atoms with van der Waals surface area (Å²) in [6, 6.07) is 8.44. The predicted molar refractivity (Wildman–Crippen MR) is 158 cm³/mol. The summed E-state index contributed by atoms with van der Waals surface area (Å²) in [5.74, 6) is 0.703. The second kappa shape index (κ2) is 17.4. The summed E-state index contributed by atoms with van der Waals surface area (Å²) in [6.07, 6.45) is 2.83. The second-order valence-electron chi connectivity index (χ2n) is 11.1. The van der Waals surface area contributed by atoms with Crippen molar-refractivity contribution in [3.05, 3.63) is 48.3 Å². The SMILES string of the molecule is COCCCOc1cc(CC(C[C@H](NC(=O)O)[C@@H](O)C[C@H](C(=O)Nc2ccncc2)C(C)C)C(C)C)ccc1OC. The molecule has 228 valence electrons. The van der Waals surface area contributed by atoms with Crippen LogP contribution < -0.4 is 20.1 Å². The van der Waals surface area contributed by atoms with Crippen molar-refractivity contribution in [2.24, 2.45) is 23.7 Å². The third-order valence-corrected chi connectivity index (χ3v) is 7.33. The van der Waals surface area contributed by atoms with Crippen LogP contribution in [0.4, 0.5) is 10.5 Å². The van der Waals surface area contributed by atoms with Crippen molar-refractivity contribution in [1.82, 2.24) is 10.3 Å². The van der Waals surface area contributed by atoms with Gasteiger partial charge in [-0.2, -0.15) is 0 Å². The van der Waals surface area contributed by atoms with Crippen LogP contribution in [0.1, 0.15) is 52.5 Å². The Labute approximate surface area is 243 Å². The molecular weight excluding hydrogens is 526 g/mol. The Balaban J connectivity index is 2.18. The number of aliphatic hydroxyl groups excluding tert-OH is 1. The van der Waals surface area contributed by atoms with Gasteiger partial charge in [-0.25, -0.2) is 4.79 Å². The second-order valence-corrected chi connectivity index (χ2v) is 11.1. The van der Waals surface area contributed by atoms with E-state index in [1.165, 1.54) is 0 Å². The quantitative estimate of drug-likeness (QED) is 0.183. The molecule has 0 aliphatic rings. The molecule has 1 aromatic heterocycles. The number of hydrogen-bond donors (Lipinski definition) is 4. The van der Waals surface area contributed by atoms with Gasteiger partial charge in [-0.05, 0) is 66.8 Å². The first-order valence-electron chi connectivity index (χ1n) is 14.2. The number of aromatic nitrogens is 1. The largest absolute Gasteiger partial charge is 0.493 e. The zero-order chi connectivity index (χ0) is 30.4. The predicted octanol–water partition coefficient (Wildman–Crippen LogP) is 5.01. The Morgan fingerprint density at radius 3 is 2.24 bits per heavy atom. The minimum Gasteiger partial charge on any atom is -0.493 e. The van der Waals surface area contributed by atoms with E-state index in [0.717, 1.165) is 12.0 Å². The highest BCUT2D eigenvalue weighted by atomic mass is 16.5. The molecule has 2 rings (SSSR count). The first-order chi connectivity index (χ1) is 19.5. The minimum atomic E-state index is -1.21. The van der Waals surface area contributed by atoms with Crippen molar-refractivity contribution in [3.63, 3.8) is 0 Å². The van der Waals surface area contributed by atoms with Gasteiger partial charge >= 0.3 is 6.09 Å². The van der Waals surface area contributed by atoms with Crippen LogP contribution in [0.3, 0.4) is 0 Å². The van der Waals surface area contributed by atoms with Gasteiger partial charge in [0.15, 0.2) is 11.5 Å². The van der Waals surface area contributed by atoms with E-state index in [2.05, 4.69) is 29.5 Å². The van der Waals surface area contributed by atoms with E-state index in [0.29, 0.717) is 43.2 Å². The number of carbonyl (C=O) groups is 2. The number of hydrogen-bond acceptors (Lipinski definition) is 7. The molecule has 4 N–H and O–H groups in total. The standard InChI is InChI=1S/C31H47N3O7/c1-20(2)23(16-22-8-9-28(40-6)29(17-22)41-15-7-14-39-5)18-26(34-31(37)38)27(35)19-25(21(3)4)30(36)33-24-10-12-32-13-11-24/h8-13,17,20-21,23,25-27,34-35H,7,14-16,18-19H2,1-6H3,(H,37,38)(H,32,33,36)/t23?,25-,26-,27-/m0/s1. The molecule has 10 nitrogen and oxygen atoms in total. The normalized spacial score (nSPS) is 14.3. The summed E-state index contributed by atoms with van der Waals surface area (Å²) >= 11 is 0. The number of benzene rings is 1. The van der Waals surface area contributed by atoms with Gasteiger partial charge in [-0.1, -0.05) is 33.8 Å². The first kappa shape index (κ1) is 33.8. The lowest BCUT2D eigenvalue weighted by Crippen LogP contribution is -2.46. The van der Waals surface area contributed by atoms with E-state index in [4.69, 9.17) is 14.2 Å². The Hall–Kier alpha value is -3.37. The number of aliphatic hydroxyl groups is 1. The highest BCUT2D eigenvalue weighted by Crippen LogP contribution is 2.32. The maximum atomic E-state index is 13.1. The Kier molecular flexibility index (Phi) is 14.4. The summed E-state index contributed by atoms with van der Waals surface area (Å²) in [5, 5.41) is 26.3. The van der Waals surface area contributed by atoms with Crippen LogP contribution in [-0.4, -0.2) is 66.8 Å². The molecule has 0 aliphatic carbocycles. The average Bonchev–Trinajstić information content (AvgIpc) is 2.93. The van der Waals surface area contributed by atoms with Crippen molar-refractivity contribution in [2.45, 2.75) is 65.5 Å². The third kappa shape index (κ3) is 11.6. The van der Waals surface area contributed by atoms with Crippen LogP contribution in [0.5, 0.6) is 11.5 Å². The molecule has 0 saturated carbocycles. The zero-order valence-electron chi connectivity index (χ0n) is 25.1. The summed E-state index contributed by atoms with van der Waals surface area (Å²) in [5.41, 5.74) is 1.64. The summed E-state index contributed by atoms with van der Waals surface area (Å²) < 4.78 is 16.5. The van der Waals surface area contributed by atoms with Crippen LogP contribution in [-0.2, 0) is 16.0 Å². The van der Waals surface area contributed by atoms with Gasteiger partial charge in [0, 0.05) is 44.1 Å². The van der Waals surface area contributed by atoms with Crippen LogP contribution in [0.25, 0.3) is 0 Å². The van der Waals surface area contributed by atoms with Crippen LogP contribution in [0.2, 0.25) is 0 Å². The highest BCUT2D eigenvalue weighted by molar-refractivity contribution is 5.92. The number of pyridine rings is 1. The van der Waals surface area contributed by atoms with E-state index in [1.54, 1.807) is 38.7 Å². The summed E-state index contributed by atoms with van der Waals surface area (Å²) in [7, 11) is 3.25. The van der Waals surface area contributed by atoms with Crippen molar-refractivity contribution in [3.8, 4) is 11.5 Å². The van der Waals surface area contributed by atoms with E-state index < -0.39 is 24.2 Å². The fourth-order valence-electron chi connectivity index (χ4n) is 4.81. The Morgan fingerprint density at radius 2 is 1.66 bits per heavy atom. The van der Waals surface area contributed by atoms with Gasteiger partial charge in [-0.3, -0.25) is 9.78 Å². The molecule has 41 heavy (non-hydrogen) atoms. The van der Waals surface area contributed by atoms with Crippen LogP contribution in [0.15, 0.2) is 42.7 Å². The van der Waals surface area contributed by atoms with Crippen LogP contribution >= 0.6 is 0 Å².